The second-order valence-corrected chi connectivity index (χ2v) is 9.44. The van der Waals surface area contributed by atoms with Crippen LogP contribution in [0.4, 0.5) is 8.78 Å². The molecule has 1 nitrogen and oxygen atoms in total. The first-order valence-corrected chi connectivity index (χ1v) is 11.5. The third-order valence-electron chi connectivity index (χ3n) is 7.75. The van der Waals surface area contributed by atoms with Crippen molar-refractivity contribution < 1.29 is 13.5 Å². The number of halogens is 2. The van der Waals surface area contributed by atoms with Crippen molar-refractivity contribution in [3.63, 3.8) is 0 Å². The van der Waals surface area contributed by atoms with Crippen LogP contribution < -0.4 is 4.74 Å². The summed E-state index contributed by atoms with van der Waals surface area (Å²) >= 11 is 0. The summed E-state index contributed by atoms with van der Waals surface area (Å²) in [6.45, 7) is 2.65. The predicted octanol–water partition coefficient (Wildman–Crippen LogP) is 7.36. The van der Waals surface area contributed by atoms with Gasteiger partial charge < -0.3 is 4.74 Å². The number of hydrogen-bond donors (Lipinski definition) is 0. The lowest BCUT2D eigenvalue weighted by molar-refractivity contribution is 0.0802. The molecule has 1 aromatic carbocycles. The molecule has 2 saturated carbocycles. The average Bonchev–Trinajstić information content (AvgIpc) is 2.73. The molecular formula is C26H34F2O. The molecule has 4 rings (SSSR count). The Morgan fingerprint density at radius 3 is 2.52 bits per heavy atom. The maximum atomic E-state index is 12.6. The number of rotatable bonds is 5. The highest BCUT2D eigenvalue weighted by molar-refractivity contribution is 5.37. The topological polar surface area (TPSA) is 9.23 Å². The van der Waals surface area contributed by atoms with Crippen LogP contribution in [0.1, 0.15) is 63.0 Å². The van der Waals surface area contributed by atoms with Gasteiger partial charge in [0.25, 0.3) is 6.08 Å². The number of fused-ring (bicyclic) bond motifs is 2. The van der Waals surface area contributed by atoms with Gasteiger partial charge in [-0.3, -0.25) is 0 Å². The third-order valence-corrected chi connectivity index (χ3v) is 7.75. The molecule has 1 aromatic rings. The highest BCUT2D eigenvalue weighted by atomic mass is 19.3. The molecule has 5 atom stereocenters. The van der Waals surface area contributed by atoms with Gasteiger partial charge in [-0.1, -0.05) is 18.2 Å². The predicted molar refractivity (Wildman–Crippen MR) is 114 cm³/mol. The van der Waals surface area contributed by atoms with Crippen molar-refractivity contribution in [3.8, 4) is 5.75 Å². The minimum absolute atomic E-state index is 0.114. The standard InChI is InChI=1S/C26H34F2O/c1-2-3-12-29-25-11-10-23-16-22(8-9-24(23)17-25)21-7-6-19-13-18(14-26(27)28)4-5-20(19)15-21/h2-3,10-11,14,17-22H,4-9,12-13,15-16H2,1H3/b3-2+/t18-,19?,20-,21?,22?/m1/s1. The average molecular weight is 401 g/mol. The van der Waals surface area contributed by atoms with Crippen LogP contribution in [0.2, 0.25) is 0 Å². The van der Waals surface area contributed by atoms with Crippen LogP contribution in [0.5, 0.6) is 5.75 Å². The van der Waals surface area contributed by atoms with Gasteiger partial charge in [-0.25, -0.2) is 0 Å². The van der Waals surface area contributed by atoms with E-state index in [2.05, 4.69) is 18.2 Å². The van der Waals surface area contributed by atoms with E-state index in [-0.39, 0.29) is 5.92 Å². The van der Waals surface area contributed by atoms with Crippen molar-refractivity contribution in [2.75, 3.05) is 6.61 Å². The van der Waals surface area contributed by atoms with Crippen molar-refractivity contribution in [3.05, 3.63) is 53.6 Å². The van der Waals surface area contributed by atoms with Gasteiger partial charge in [0.15, 0.2) is 0 Å². The Morgan fingerprint density at radius 1 is 0.966 bits per heavy atom. The molecule has 158 valence electrons. The Balaban J connectivity index is 1.33. The van der Waals surface area contributed by atoms with E-state index in [0.717, 1.165) is 49.2 Å². The van der Waals surface area contributed by atoms with Gasteiger partial charge in [0.2, 0.25) is 0 Å². The zero-order valence-electron chi connectivity index (χ0n) is 17.6. The fourth-order valence-corrected chi connectivity index (χ4v) is 6.21. The molecule has 29 heavy (non-hydrogen) atoms. The van der Waals surface area contributed by atoms with Crippen LogP contribution in [0.25, 0.3) is 0 Å². The lowest BCUT2D eigenvalue weighted by Gasteiger charge is -2.44. The first-order valence-electron chi connectivity index (χ1n) is 11.5. The molecule has 0 bridgehead atoms. The zero-order valence-corrected chi connectivity index (χ0v) is 17.6. The lowest BCUT2D eigenvalue weighted by Crippen LogP contribution is -2.34. The molecule has 0 saturated heterocycles. The van der Waals surface area contributed by atoms with Crippen LogP contribution in [-0.2, 0) is 12.8 Å². The summed E-state index contributed by atoms with van der Waals surface area (Å²) in [5, 5.41) is 0. The highest BCUT2D eigenvalue weighted by Crippen LogP contribution is 2.48. The molecule has 0 heterocycles. The smallest absolute Gasteiger partial charge is 0.266 e. The fourth-order valence-electron chi connectivity index (χ4n) is 6.21. The first-order chi connectivity index (χ1) is 14.1. The SMILES string of the molecule is C/C=C/COc1ccc2c(c1)CCC(C1CCC3C[C@H](C=C(F)F)CC[C@@H]3C1)C2. The van der Waals surface area contributed by atoms with Crippen molar-refractivity contribution in [2.24, 2.45) is 29.6 Å². The van der Waals surface area contributed by atoms with Crippen molar-refractivity contribution in [1.29, 1.82) is 0 Å². The van der Waals surface area contributed by atoms with Crippen LogP contribution in [0.15, 0.2) is 42.5 Å². The Hall–Kier alpha value is -1.64. The van der Waals surface area contributed by atoms with Gasteiger partial charge >= 0.3 is 0 Å². The van der Waals surface area contributed by atoms with E-state index in [0.29, 0.717) is 12.5 Å². The van der Waals surface area contributed by atoms with E-state index in [1.165, 1.54) is 49.3 Å². The van der Waals surface area contributed by atoms with E-state index in [9.17, 15) is 8.78 Å². The molecule has 0 aliphatic heterocycles. The molecule has 3 heteroatoms. The Kier molecular flexibility index (Phi) is 6.72. The minimum atomic E-state index is -1.49. The fraction of sp³-hybridized carbons (Fsp3) is 0.615. The van der Waals surface area contributed by atoms with E-state index in [1.807, 2.05) is 19.1 Å². The van der Waals surface area contributed by atoms with Crippen LogP contribution in [-0.4, -0.2) is 6.61 Å². The monoisotopic (exact) mass is 400 g/mol. The van der Waals surface area contributed by atoms with Gasteiger partial charge in [0, 0.05) is 0 Å². The molecule has 2 fully saturated rings. The number of aryl methyl sites for hydroxylation is 1. The largest absolute Gasteiger partial charge is 0.490 e. The third kappa shape index (κ3) is 5.10. The molecule has 3 unspecified atom stereocenters. The molecule has 0 N–H and O–H groups in total. The normalized spacial score (nSPS) is 31.8. The Morgan fingerprint density at radius 2 is 1.72 bits per heavy atom. The summed E-state index contributed by atoms with van der Waals surface area (Å²) in [6.07, 6.45) is 14.4. The van der Waals surface area contributed by atoms with Crippen molar-refractivity contribution in [2.45, 2.75) is 64.7 Å². The first kappa shape index (κ1) is 20.6. The lowest BCUT2D eigenvalue weighted by atomic mass is 9.61. The highest BCUT2D eigenvalue weighted by Gasteiger charge is 2.38. The number of allylic oxidation sites excluding steroid dienone is 2. The van der Waals surface area contributed by atoms with Gasteiger partial charge in [-0.15, -0.1) is 0 Å². The second kappa shape index (κ2) is 9.45. The molecular weight excluding hydrogens is 366 g/mol. The Bertz CT molecular complexity index is 749. The Labute approximate surface area is 174 Å². The van der Waals surface area contributed by atoms with Gasteiger partial charge in [-0.2, -0.15) is 8.78 Å². The van der Waals surface area contributed by atoms with Crippen LogP contribution >= 0.6 is 0 Å². The molecule has 3 aliphatic carbocycles. The van der Waals surface area contributed by atoms with Gasteiger partial charge in [0.05, 0.1) is 0 Å². The van der Waals surface area contributed by atoms with Crippen molar-refractivity contribution in [1.82, 2.24) is 0 Å². The van der Waals surface area contributed by atoms with E-state index in [1.54, 1.807) is 0 Å². The summed E-state index contributed by atoms with van der Waals surface area (Å²) in [4.78, 5) is 0. The number of hydrogen-bond acceptors (Lipinski definition) is 1. The van der Waals surface area contributed by atoms with E-state index in [4.69, 9.17) is 4.74 Å². The molecule has 0 spiro atoms. The summed E-state index contributed by atoms with van der Waals surface area (Å²) in [5.74, 6) is 4.15. The van der Waals surface area contributed by atoms with Crippen LogP contribution in [0.3, 0.4) is 0 Å². The van der Waals surface area contributed by atoms with Gasteiger partial charge in [0.1, 0.15) is 12.4 Å². The van der Waals surface area contributed by atoms with Crippen LogP contribution in [0, 0.1) is 29.6 Å². The summed E-state index contributed by atoms with van der Waals surface area (Å²) in [7, 11) is 0. The second-order valence-electron chi connectivity index (χ2n) is 9.44. The van der Waals surface area contributed by atoms with E-state index < -0.39 is 6.08 Å². The van der Waals surface area contributed by atoms with E-state index >= 15 is 0 Å². The molecule has 3 aliphatic rings. The summed E-state index contributed by atoms with van der Waals surface area (Å²) in [5.41, 5.74) is 2.97. The molecule has 0 amide bonds. The maximum Gasteiger partial charge on any atom is 0.266 e. The summed E-state index contributed by atoms with van der Waals surface area (Å²) in [6, 6.07) is 6.65. The molecule has 0 aromatic heterocycles. The maximum absolute atomic E-state index is 12.6. The molecule has 0 radical (unpaired) electrons. The summed E-state index contributed by atoms with van der Waals surface area (Å²) < 4.78 is 31.1. The number of benzene rings is 1. The van der Waals surface area contributed by atoms with Gasteiger partial charge in [-0.05, 0) is 124 Å². The number of ether oxygens (including phenoxy) is 1. The quantitative estimate of drug-likeness (QED) is 0.469. The minimum Gasteiger partial charge on any atom is -0.490 e. The van der Waals surface area contributed by atoms with Crippen molar-refractivity contribution >= 4 is 0 Å². The zero-order chi connectivity index (χ0) is 20.2.